The third-order valence-corrected chi connectivity index (χ3v) is 11.0. The average Bonchev–Trinajstić information content (AvgIpc) is 3.83. The van der Waals surface area contributed by atoms with E-state index in [-0.39, 0.29) is 25.4 Å². The predicted octanol–water partition coefficient (Wildman–Crippen LogP) is 7.66. The SMILES string of the molecule is CC(C)(O)COc1cccc(COC2C[C@@H]3CN(C(=O)OC(C)(C)C)C[C@@H]3C2)c1Cl.CC(C)(O)COc1cccc(COC2C[C@H]3CNC[C@H]3C2)c1Cl. The molecular weight excluding hydrogens is 719 g/mol. The van der Waals surface area contributed by atoms with Crippen LogP contribution in [0.3, 0.4) is 0 Å². The Morgan fingerprint density at radius 3 is 1.53 bits per heavy atom. The van der Waals surface area contributed by atoms with Gasteiger partial charge in [-0.1, -0.05) is 47.5 Å². The zero-order valence-electron chi connectivity index (χ0n) is 32.5. The Hall–Kier alpha value is -2.31. The Bertz CT molecular complexity index is 1490. The summed E-state index contributed by atoms with van der Waals surface area (Å²) >= 11 is 12.9. The van der Waals surface area contributed by atoms with E-state index in [1.54, 1.807) is 33.8 Å². The van der Waals surface area contributed by atoms with Crippen molar-refractivity contribution in [3.05, 3.63) is 57.6 Å². The zero-order valence-corrected chi connectivity index (χ0v) is 34.0. The van der Waals surface area contributed by atoms with E-state index in [0.717, 1.165) is 74.8 Å². The lowest BCUT2D eigenvalue weighted by Crippen LogP contribution is -2.36. The predicted molar refractivity (Wildman–Crippen MR) is 207 cm³/mol. The van der Waals surface area contributed by atoms with E-state index in [9.17, 15) is 15.0 Å². The Labute approximate surface area is 325 Å². The molecule has 2 heterocycles. The van der Waals surface area contributed by atoms with Crippen LogP contribution in [0, 0.1) is 23.7 Å². The van der Waals surface area contributed by atoms with E-state index in [1.165, 1.54) is 0 Å². The number of nitrogens with one attached hydrogen (secondary N) is 1. The summed E-state index contributed by atoms with van der Waals surface area (Å²) in [5, 5.41) is 24.2. The van der Waals surface area contributed by atoms with Gasteiger partial charge in [0.2, 0.25) is 0 Å². The zero-order chi connectivity index (χ0) is 38.6. The van der Waals surface area contributed by atoms with E-state index >= 15 is 0 Å². The Morgan fingerprint density at radius 1 is 0.717 bits per heavy atom. The molecule has 4 fully saturated rings. The van der Waals surface area contributed by atoms with E-state index in [1.807, 2.05) is 56.0 Å². The summed E-state index contributed by atoms with van der Waals surface area (Å²) in [6.45, 7) is 17.5. The van der Waals surface area contributed by atoms with E-state index < -0.39 is 16.8 Å². The molecule has 10 nitrogen and oxygen atoms in total. The smallest absolute Gasteiger partial charge is 0.410 e. The van der Waals surface area contributed by atoms with Crippen molar-refractivity contribution in [3.63, 3.8) is 0 Å². The Morgan fingerprint density at radius 2 is 1.13 bits per heavy atom. The van der Waals surface area contributed by atoms with Crippen molar-refractivity contribution >= 4 is 29.3 Å². The van der Waals surface area contributed by atoms with Gasteiger partial charge in [0.25, 0.3) is 0 Å². The maximum atomic E-state index is 12.3. The van der Waals surface area contributed by atoms with Crippen molar-refractivity contribution in [2.75, 3.05) is 39.4 Å². The molecule has 296 valence electrons. The van der Waals surface area contributed by atoms with Crippen molar-refractivity contribution < 1.29 is 38.7 Å². The monoisotopic (exact) mass is 778 g/mol. The number of hydrogen-bond acceptors (Lipinski definition) is 9. The van der Waals surface area contributed by atoms with E-state index in [4.69, 9.17) is 46.9 Å². The fourth-order valence-corrected chi connectivity index (χ4v) is 8.06. The summed E-state index contributed by atoms with van der Waals surface area (Å²) in [4.78, 5) is 14.1. The van der Waals surface area contributed by atoms with Gasteiger partial charge in [0, 0.05) is 24.2 Å². The standard InChI is InChI=1S/C23H34ClNO5.C18H26ClNO3/c1-22(2,3)30-21(26)25-11-16-9-18(10-17(16)12-25)28-13-15-7-6-8-19(20(15)24)29-14-23(4,5)27;1-18(2,21)11-23-16-5-3-4-12(17(16)19)10-22-15-6-13-8-20-9-14(13)7-15/h6-8,16-18,27H,9-14H2,1-5H3;3-5,13-15,20-21H,6-11H2,1-2H3/t16-,17+,18?;13-,14+,15?. The summed E-state index contributed by atoms with van der Waals surface area (Å²) in [6, 6.07) is 11.3. The third-order valence-electron chi connectivity index (χ3n) is 10.2. The molecule has 2 aliphatic carbocycles. The highest BCUT2D eigenvalue weighted by Gasteiger charge is 2.44. The number of carbonyl (C=O) groups is 1. The summed E-state index contributed by atoms with van der Waals surface area (Å²) in [5.41, 5.74) is -0.464. The second kappa shape index (κ2) is 17.7. The molecule has 1 amide bonds. The molecule has 6 atom stereocenters. The summed E-state index contributed by atoms with van der Waals surface area (Å²) < 4.78 is 29.0. The van der Waals surface area contributed by atoms with Crippen LogP contribution in [-0.2, 0) is 27.4 Å². The molecule has 12 heteroatoms. The first-order valence-electron chi connectivity index (χ1n) is 19.0. The van der Waals surface area contributed by atoms with Crippen LogP contribution >= 0.6 is 23.2 Å². The van der Waals surface area contributed by atoms with Gasteiger partial charge in [-0.15, -0.1) is 0 Å². The van der Waals surface area contributed by atoms with E-state index in [0.29, 0.717) is 52.7 Å². The fourth-order valence-electron chi connectivity index (χ4n) is 7.59. The molecule has 2 aromatic carbocycles. The lowest BCUT2D eigenvalue weighted by atomic mass is 10.0. The number of aliphatic hydroxyl groups is 2. The van der Waals surface area contributed by atoms with Crippen LogP contribution < -0.4 is 14.8 Å². The van der Waals surface area contributed by atoms with Crippen LogP contribution in [0.1, 0.15) is 85.3 Å². The lowest BCUT2D eigenvalue weighted by Gasteiger charge is -2.25. The number of hydrogen-bond donors (Lipinski definition) is 3. The van der Waals surface area contributed by atoms with Gasteiger partial charge in [-0.3, -0.25) is 0 Å². The molecule has 0 bridgehead atoms. The highest BCUT2D eigenvalue weighted by Crippen LogP contribution is 2.41. The maximum absolute atomic E-state index is 12.3. The lowest BCUT2D eigenvalue weighted by molar-refractivity contribution is 0.0201. The molecule has 3 N–H and O–H groups in total. The van der Waals surface area contributed by atoms with Gasteiger partial charge < -0.3 is 44.1 Å². The summed E-state index contributed by atoms with van der Waals surface area (Å²) in [7, 11) is 0. The number of carbonyl (C=O) groups excluding carboxylic acids is 1. The molecule has 53 heavy (non-hydrogen) atoms. The molecule has 2 aromatic rings. The minimum absolute atomic E-state index is 0.164. The minimum atomic E-state index is -0.926. The molecule has 0 spiro atoms. The van der Waals surface area contributed by atoms with Crippen LogP contribution in [0.5, 0.6) is 11.5 Å². The number of nitrogens with zero attached hydrogens (tertiary/aromatic N) is 1. The molecule has 2 aliphatic heterocycles. The first-order chi connectivity index (χ1) is 24.8. The van der Waals surface area contributed by atoms with Crippen molar-refractivity contribution in [1.82, 2.24) is 10.2 Å². The summed E-state index contributed by atoms with van der Waals surface area (Å²) in [6.07, 6.45) is 4.45. The second-order valence-electron chi connectivity index (χ2n) is 17.6. The van der Waals surface area contributed by atoms with Crippen molar-refractivity contribution in [3.8, 4) is 11.5 Å². The topological polar surface area (TPSA) is 119 Å². The van der Waals surface area contributed by atoms with E-state index in [2.05, 4.69) is 5.32 Å². The fraction of sp³-hybridized carbons (Fsp3) is 0.683. The third kappa shape index (κ3) is 12.6. The van der Waals surface area contributed by atoms with Gasteiger partial charge in [0.1, 0.15) is 30.3 Å². The molecule has 4 aliphatic rings. The van der Waals surface area contributed by atoms with Gasteiger partial charge in [0.15, 0.2) is 0 Å². The van der Waals surface area contributed by atoms with Crippen LogP contribution in [-0.4, -0.2) is 89.6 Å². The van der Waals surface area contributed by atoms with Gasteiger partial charge in [-0.2, -0.15) is 0 Å². The minimum Gasteiger partial charge on any atom is -0.489 e. The number of amides is 1. The largest absolute Gasteiger partial charge is 0.489 e. The number of halogens is 2. The van der Waals surface area contributed by atoms with Crippen LogP contribution in [0.4, 0.5) is 4.79 Å². The van der Waals surface area contributed by atoms with Crippen molar-refractivity contribution in [2.24, 2.45) is 23.7 Å². The van der Waals surface area contributed by atoms with Gasteiger partial charge in [-0.25, -0.2) is 4.79 Å². The quantitative estimate of drug-likeness (QED) is 0.200. The molecule has 0 aromatic heterocycles. The number of ether oxygens (including phenoxy) is 5. The molecule has 6 rings (SSSR count). The highest BCUT2D eigenvalue weighted by atomic mass is 35.5. The van der Waals surface area contributed by atoms with Crippen molar-refractivity contribution in [1.29, 1.82) is 0 Å². The van der Waals surface area contributed by atoms with Crippen LogP contribution in [0.25, 0.3) is 0 Å². The number of fused-ring (bicyclic) bond motifs is 2. The van der Waals surface area contributed by atoms with Crippen LogP contribution in [0.15, 0.2) is 36.4 Å². The second-order valence-corrected chi connectivity index (χ2v) is 18.3. The molecular formula is C41H60Cl2N2O8. The van der Waals surface area contributed by atoms with Gasteiger partial charge in [0.05, 0.1) is 46.7 Å². The molecule has 0 radical (unpaired) electrons. The van der Waals surface area contributed by atoms with Gasteiger partial charge >= 0.3 is 6.09 Å². The Kier molecular flexibility index (Phi) is 13.9. The highest BCUT2D eigenvalue weighted by molar-refractivity contribution is 6.33. The molecule has 2 saturated heterocycles. The van der Waals surface area contributed by atoms with Gasteiger partial charge in [-0.05, 0) is 123 Å². The Balaban J connectivity index is 0.000000211. The normalized spacial score (nSPS) is 25.5. The first kappa shape index (κ1) is 41.8. The van der Waals surface area contributed by atoms with Crippen LogP contribution in [0.2, 0.25) is 10.0 Å². The number of benzene rings is 2. The van der Waals surface area contributed by atoms with Crippen molar-refractivity contribution in [2.45, 2.75) is 116 Å². The molecule has 2 unspecified atom stereocenters. The number of likely N-dealkylation sites (tertiary alicyclic amines) is 1. The maximum Gasteiger partial charge on any atom is 0.410 e. The first-order valence-corrected chi connectivity index (χ1v) is 19.8. The molecule has 2 saturated carbocycles. The summed E-state index contributed by atoms with van der Waals surface area (Å²) in [5.74, 6) is 3.62. The number of rotatable bonds is 12. The average molecular weight is 780 g/mol.